The highest BCUT2D eigenvalue weighted by Gasteiger charge is 2.40. The molecular formula is C21H24ClNO3. The number of ether oxygens (including phenoxy) is 1. The summed E-state index contributed by atoms with van der Waals surface area (Å²) in [6, 6.07) is 7.38. The van der Waals surface area contributed by atoms with Crippen LogP contribution >= 0.6 is 11.6 Å². The lowest BCUT2D eigenvalue weighted by molar-refractivity contribution is -0.138. The van der Waals surface area contributed by atoms with E-state index in [1.165, 1.54) is 6.42 Å². The smallest absolute Gasteiger partial charge is 0.340 e. The van der Waals surface area contributed by atoms with Gasteiger partial charge in [0.2, 0.25) is 0 Å². The summed E-state index contributed by atoms with van der Waals surface area (Å²) < 4.78 is 5.23. The first-order valence-corrected chi connectivity index (χ1v) is 9.60. The molecule has 0 radical (unpaired) electrons. The summed E-state index contributed by atoms with van der Waals surface area (Å²) >= 11 is 5.95. The number of allylic oxidation sites excluding steroid dienone is 1. The Balaban J connectivity index is 2.02. The molecule has 0 bridgehead atoms. The number of rotatable bonds is 4. The van der Waals surface area contributed by atoms with Gasteiger partial charge in [0.15, 0.2) is 0 Å². The van der Waals surface area contributed by atoms with Gasteiger partial charge in [-0.1, -0.05) is 43.0 Å². The third-order valence-electron chi connectivity index (χ3n) is 5.04. The third kappa shape index (κ3) is 3.70. The number of nitrogens with zero attached hydrogens (tertiary/aromatic N) is 1. The van der Waals surface area contributed by atoms with Gasteiger partial charge in [0.1, 0.15) is 0 Å². The standard InChI is InChI=1S/C21H24ClNO3/c1-3-26-21(25)19-14(2)23(17-7-5-4-6-8-17)20(24)18(19)13-15-9-11-16(22)12-10-15/h9-13,17H,3-8H2,1-2H3/b18-13-. The lowest BCUT2D eigenvalue weighted by Gasteiger charge is -2.32. The van der Waals surface area contributed by atoms with Crippen molar-refractivity contribution in [3.63, 3.8) is 0 Å². The molecular weight excluding hydrogens is 350 g/mol. The molecule has 0 atom stereocenters. The van der Waals surface area contributed by atoms with E-state index in [0.29, 0.717) is 21.9 Å². The lowest BCUT2D eigenvalue weighted by Crippen LogP contribution is -2.37. The number of esters is 1. The fourth-order valence-corrected chi connectivity index (χ4v) is 3.93. The topological polar surface area (TPSA) is 46.6 Å². The minimum Gasteiger partial charge on any atom is -0.462 e. The monoisotopic (exact) mass is 373 g/mol. The Morgan fingerprint density at radius 2 is 1.88 bits per heavy atom. The number of benzene rings is 1. The fraction of sp³-hybridized carbons (Fsp3) is 0.429. The molecule has 1 amide bonds. The molecule has 0 aromatic heterocycles. The van der Waals surface area contributed by atoms with Crippen LogP contribution in [0.25, 0.3) is 6.08 Å². The number of carbonyl (C=O) groups excluding carboxylic acids is 2. The summed E-state index contributed by atoms with van der Waals surface area (Å²) in [7, 11) is 0. The third-order valence-corrected chi connectivity index (χ3v) is 5.29. The predicted molar refractivity (Wildman–Crippen MR) is 102 cm³/mol. The second-order valence-corrected chi connectivity index (χ2v) is 7.19. The van der Waals surface area contributed by atoms with Crippen LogP contribution in [0.5, 0.6) is 0 Å². The quantitative estimate of drug-likeness (QED) is 0.566. The normalized spacial score (nSPS) is 20.2. The van der Waals surface area contributed by atoms with Crippen LogP contribution in [0.15, 0.2) is 41.1 Å². The molecule has 0 N–H and O–H groups in total. The van der Waals surface area contributed by atoms with Crippen LogP contribution in [0.2, 0.25) is 5.02 Å². The molecule has 1 aromatic rings. The highest BCUT2D eigenvalue weighted by Crippen LogP contribution is 2.36. The van der Waals surface area contributed by atoms with Crippen LogP contribution in [-0.4, -0.2) is 29.4 Å². The summed E-state index contributed by atoms with van der Waals surface area (Å²) in [5.74, 6) is -0.538. The Labute approximate surface area is 159 Å². The average molecular weight is 374 g/mol. The van der Waals surface area contributed by atoms with Crippen LogP contribution in [0.1, 0.15) is 51.5 Å². The van der Waals surface area contributed by atoms with E-state index in [1.54, 1.807) is 25.1 Å². The molecule has 1 heterocycles. The van der Waals surface area contributed by atoms with Gasteiger partial charge in [-0.3, -0.25) is 4.79 Å². The van der Waals surface area contributed by atoms with Crippen molar-refractivity contribution in [2.75, 3.05) is 6.61 Å². The number of hydrogen-bond donors (Lipinski definition) is 0. The maximum atomic E-state index is 13.2. The molecule has 0 saturated heterocycles. The Morgan fingerprint density at radius 1 is 1.23 bits per heavy atom. The van der Waals surface area contributed by atoms with Gasteiger partial charge in [0.05, 0.1) is 17.8 Å². The van der Waals surface area contributed by atoms with E-state index < -0.39 is 5.97 Å². The van der Waals surface area contributed by atoms with Gasteiger partial charge in [-0.05, 0) is 50.5 Å². The Hall–Kier alpha value is -2.07. The van der Waals surface area contributed by atoms with Crippen molar-refractivity contribution in [2.24, 2.45) is 0 Å². The second kappa shape index (κ2) is 8.09. The first-order valence-electron chi connectivity index (χ1n) is 9.22. The number of amides is 1. The van der Waals surface area contributed by atoms with Crippen molar-refractivity contribution in [2.45, 2.75) is 52.0 Å². The van der Waals surface area contributed by atoms with Crippen LogP contribution in [0.3, 0.4) is 0 Å². The molecule has 26 heavy (non-hydrogen) atoms. The van der Waals surface area contributed by atoms with E-state index in [4.69, 9.17) is 16.3 Å². The zero-order valence-electron chi connectivity index (χ0n) is 15.3. The van der Waals surface area contributed by atoms with Crippen molar-refractivity contribution in [1.82, 2.24) is 4.90 Å². The van der Waals surface area contributed by atoms with Gasteiger partial charge in [-0.2, -0.15) is 0 Å². The van der Waals surface area contributed by atoms with Crippen molar-refractivity contribution >= 4 is 29.6 Å². The Bertz CT molecular complexity index is 758. The molecule has 1 saturated carbocycles. The predicted octanol–water partition coefficient (Wildman–Crippen LogP) is 4.74. The number of halogens is 1. The van der Waals surface area contributed by atoms with Crippen LogP contribution in [0, 0.1) is 0 Å². The maximum Gasteiger partial charge on any atom is 0.340 e. The largest absolute Gasteiger partial charge is 0.462 e. The van der Waals surface area contributed by atoms with Crippen molar-refractivity contribution < 1.29 is 14.3 Å². The maximum absolute atomic E-state index is 13.2. The molecule has 3 rings (SSSR count). The first kappa shape index (κ1) is 18.7. The molecule has 0 spiro atoms. The Morgan fingerprint density at radius 3 is 2.50 bits per heavy atom. The minimum absolute atomic E-state index is 0.104. The van der Waals surface area contributed by atoms with Gasteiger partial charge >= 0.3 is 5.97 Å². The van der Waals surface area contributed by atoms with Crippen molar-refractivity contribution in [1.29, 1.82) is 0 Å². The molecule has 1 aliphatic heterocycles. The first-order chi connectivity index (χ1) is 12.5. The van der Waals surface area contributed by atoms with Crippen LogP contribution < -0.4 is 0 Å². The van der Waals surface area contributed by atoms with E-state index in [9.17, 15) is 9.59 Å². The zero-order chi connectivity index (χ0) is 18.7. The fourth-order valence-electron chi connectivity index (χ4n) is 3.80. The molecule has 4 nitrogen and oxygen atoms in total. The summed E-state index contributed by atoms with van der Waals surface area (Å²) in [6.45, 7) is 3.90. The number of carbonyl (C=O) groups is 2. The Kier molecular flexibility index (Phi) is 5.82. The van der Waals surface area contributed by atoms with Gasteiger partial charge in [0.25, 0.3) is 5.91 Å². The average Bonchev–Trinajstić information content (AvgIpc) is 2.88. The van der Waals surface area contributed by atoms with E-state index >= 15 is 0 Å². The molecule has 0 unspecified atom stereocenters. The van der Waals surface area contributed by atoms with E-state index in [1.807, 2.05) is 24.0 Å². The van der Waals surface area contributed by atoms with Gasteiger partial charge in [-0.25, -0.2) is 4.79 Å². The van der Waals surface area contributed by atoms with Crippen LogP contribution in [-0.2, 0) is 14.3 Å². The van der Waals surface area contributed by atoms with Gasteiger partial charge in [0, 0.05) is 16.8 Å². The van der Waals surface area contributed by atoms with Gasteiger partial charge in [-0.15, -0.1) is 0 Å². The highest BCUT2D eigenvalue weighted by atomic mass is 35.5. The molecule has 2 aliphatic rings. The van der Waals surface area contributed by atoms with Crippen molar-refractivity contribution in [3.8, 4) is 0 Å². The van der Waals surface area contributed by atoms with Crippen molar-refractivity contribution in [3.05, 3.63) is 51.7 Å². The molecule has 5 heteroatoms. The highest BCUT2D eigenvalue weighted by molar-refractivity contribution is 6.30. The summed E-state index contributed by atoms with van der Waals surface area (Å²) in [5, 5.41) is 0.631. The zero-order valence-corrected chi connectivity index (χ0v) is 16.0. The molecule has 138 valence electrons. The number of hydrogen-bond acceptors (Lipinski definition) is 3. The SMILES string of the molecule is CCOC(=O)C1=C(C)N(C2CCCCC2)C(=O)/C1=C\c1ccc(Cl)cc1. The van der Waals surface area contributed by atoms with E-state index in [-0.39, 0.29) is 18.6 Å². The second-order valence-electron chi connectivity index (χ2n) is 6.76. The summed E-state index contributed by atoms with van der Waals surface area (Å²) in [5.41, 5.74) is 2.34. The molecule has 1 aliphatic carbocycles. The molecule has 1 fully saturated rings. The van der Waals surface area contributed by atoms with E-state index in [2.05, 4.69) is 0 Å². The van der Waals surface area contributed by atoms with E-state index in [0.717, 1.165) is 31.2 Å². The lowest BCUT2D eigenvalue weighted by atomic mass is 9.94. The molecule has 1 aromatic carbocycles. The minimum atomic E-state index is -0.433. The summed E-state index contributed by atoms with van der Waals surface area (Å²) in [4.78, 5) is 27.6. The van der Waals surface area contributed by atoms with Gasteiger partial charge < -0.3 is 9.64 Å². The van der Waals surface area contributed by atoms with Crippen LogP contribution in [0.4, 0.5) is 0 Å². The summed E-state index contributed by atoms with van der Waals surface area (Å²) in [6.07, 6.45) is 7.16.